The van der Waals surface area contributed by atoms with Crippen LogP contribution in [-0.4, -0.2) is 30.6 Å². The molecule has 100 valence electrons. The Labute approximate surface area is 119 Å². The second kappa shape index (κ2) is 5.66. The van der Waals surface area contributed by atoms with E-state index in [1.165, 1.54) is 11.1 Å². The van der Waals surface area contributed by atoms with Gasteiger partial charge >= 0.3 is 0 Å². The number of fused-ring (bicyclic) bond motifs is 1. The van der Waals surface area contributed by atoms with Crippen molar-refractivity contribution in [1.82, 2.24) is 4.90 Å². The molecule has 0 aliphatic carbocycles. The summed E-state index contributed by atoms with van der Waals surface area (Å²) in [5.74, 6) is 1.05. The van der Waals surface area contributed by atoms with E-state index in [4.69, 9.17) is 22.1 Å². The van der Waals surface area contributed by atoms with Crippen LogP contribution in [0, 0.1) is 0 Å². The molecule has 0 saturated carbocycles. The zero-order chi connectivity index (χ0) is 11.8. The average molecular weight is 289 g/mol. The molecule has 18 heavy (non-hydrogen) atoms. The number of halogens is 2. The van der Waals surface area contributed by atoms with Gasteiger partial charge in [-0.3, -0.25) is 4.90 Å². The minimum absolute atomic E-state index is 0. The maximum atomic E-state index is 6.14. The van der Waals surface area contributed by atoms with Gasteiger partial charge in [0, 0.05) is 42.7 Å². The second-order valence-corrected chi connectivity index (χ2v) is 5.37. The van der Waals surface area contributed by atoms with Crippen LogP contribution in [0.5, 0.6) is 5.75 Å². The van der Waals surface area contributed by atoms with Gasteiger partial charge in [0.15, 0.2) is 0 Å². The van der Waals surface area contributed by atoms with Crippen LogP contribution >= 0.6 is 24.0 Å². The van der Waals surface area contributed by atoms with Crippen LogP contribution in [0.4, 0.5) is 0 Å². The lowest BCUT2D eigenvalue weighted by atomic mass is 10.1. The Kier molecular flexibility index (Phi) is 4.38. The fourth-order valence-corrected chi connectivity index (χ4v) is 2.97. The van der Waals surface area contributed by atoms with E-state index in [-0.39, 0.29) is 12.4 Å². The van der Waals surface area contributed by atoms with Crippen LogP contribution in [0.25, 0.3) is 0 Å². The molecule has 1 unspecified atom stereocenters. The molecule has 0 amide bonds. The Morgan fingerprint density at radius 1 is 1.44 bits per heavy atom. The number of ether oxygens (including phenoxy) is 1. The van der Waals surface area contributed by atoms with E-state index in [0.29, 0.717) is 6.04 Å². The highest BCUT2D eigenvalue weighted by Crippen LogP contribution is 2.33. The van der Waals surface area contributed by atoms with Gasteiger partial charge in [0.2, 0.25) is 0 Å². The lowest BCUT2D eigenvalue weighted by Crippen LogP contribution is -2.26. The van der Waals surface area contributed by atoms with E-state index in [1.54, 1.807) is 0 Å². The largest absolute Gasteiger partial charge is 0.493 e. The summed E-state index contributed by atoms with van der Waals surface area (Å²) in [5, 5.41) is 0.813. The lowest BCUT2D eigenvalue weighted by molar-refractivity contribution is 0.310. The van der Waals surface area contributed by atoms with Crippen molar-refractivity contribution < 1.29 is 4.74 Å². The van der Waals surface area contributed by atoms with Crippen molar-refractivity contribution in [2.75, 3.05) is 19.7 Å². The summed E-state index contributed by atoms with van der Waals surface area (Å²) in [6, 6.07) is 4.36. The van der Waals surface area contributed by atoms with Gasteiger partial charge in [0.1, 0.15) is 5.75 Å². The Hall–Kier alpha value is -0.480. The number of hydrogen-bond donors (Lipinski definition) is 1. The van der Waals surface area contributed by atoms with Crippen molar-refractivity contribution in [2.24, 2.45) is 5.73 Å². The SMILES string of the molecule is Cl.NC1CCN(Cc2cc(Cl)cc3c2OCC3)C1. The summed E-state index contributed by atoms with van der Waals surface area (Å²) < 4.78 is 5.71. The van der Waals surface area contributed by atoms with Gasteiger partial charge in [-0.1, -0.05) is 11.6 Å². The first kappa shape index (κ1) is 13.9. The highest BCUT2D eigenvalue weighted by molar-refractivity contribution is 6.30. The van der Waals surface area contributed by atoms with Crippen molar-refractivity contribution in [3.8, 4) is 5.75 Å². The molecular formula is C13H18Cl2N2O. The topological polar surface area (TPSA) is 38.5 Å². The van der Waals surface area contributed by atoms with Crippen LogP contribution in [-0.2, 0) is 13.0 Å². The van der Waals surface area contributed by atoms with Gasteiger partial charge in [-0.05, 0) is 24.1 Å². The summed E-state index contributed by atoms with van der Waals surface area (Å²) in [7, 11) is 0. The summed E-state index contributed by atoms with van der Waals surface area (Å²) in [6.45, 7) is 3.72. The molecule has 2 heterocycles. The molecule has 0 spiro atoms. The molecule has 0 aromatic heterocycles. The molecule has 3 rings (SSSR count). The molecule has 1 fully saturated rings. The van der Waals surface area contributed by atoms with Gasteiger partial charge in [0.05, 0.1) is 6.61 Å². The van der Waals surface area contributed by atoms with Crippen LogP contribution in [0.2, 0.25) is 5.02 Å². The third kappa shape index (κ3) is 2.75. The first-order valence-corrected chi connectivity index (χ1v) is 6.52. The fraction of sp³-hybridized carbons (Fsp3) is 0.538. The Morgan fingerprint density at radius 3 is 3.00 bits per heavy atom. The molecule has 2 aliphatic heterocycles. The van der Waals surface area contributed by atoms with Crippen molar-refractivity contribution in [3.05, 3.63) is 28.3 Å². The highest BCUT2D eigenvalue weighted by Gasteiger charge is 2.23. The molecule has 1 atom stereocenters. The average Bonchev–Trinajstić information content (AvgIpc) is 2.87. The fourth-order valence-electron chi connectivity index (χ4n) is 2.71. The monoisotopic (exact) mass is 288 g/mol. The molecule has 1 aromatic rings. The zero-order valence-electron chi connectivity index (χ0n) is 10.2. The minimum Gasteiger partial charge on any atom is -0.493 e. The van der Waals surface area contributed by atoms with Gasteiger partial charge in [-0.2, -0.15) is 0 Å². The van der Waals surface area contributed by atoms with Crippen molar-refractivity contribution >= 4 is 24.0 Å². The molecular weight excluding hydrogens is 271 g/mol. The first-order chi connectivity index (χ1) is 8.22. The Balaban J connectivity index is 0.00000120. The molecule has 2 aliphatic rings. The third-order valence-corrected chi connectivity index (χ3v) is 3.75. The van der Waals surface area contributed by atoms with Crippen molar-refractivity contribution in [2.45, 2.75) is 25.4 Å². The molecule has 0 bridgehead atoms. The predicted molar refractivity (Wildman–Crippen MR) is 75.8 cm³/mol. The van der Waals surface area contributed by atoms with Crippen LogP contribution in [0.15, 0.2) is 12.1 Å². The van der Waals surface area contributed by atoms with Gasteiger partial charge in [0.25, 0.3) is 0 Å². The summed E-state index contributed by atoms with van der Waals surface area (Å²) in [5.41, 5.74) is 8.38. The molecule has 5 heteroatoms. The number of nitrogens with zero attached hydrogens (tertiary/aromatic N) is 1. The standard InChI is InChI=1S/C13H17ClN2O.ClH/c14-11-5-9-2-4-17-13(9)10(6-11)7-16-3-1-12(15)8-16;/h5-6,12H,1-4,7-8,15H2;1H. The normalized spacial score (nSPS) is 22.4. The number of hydrogen-bond acceptors (Lipinski definition) is 3. The summed E-state index contributed by atoms with van der Waals surface area (Å²) >= 11 is 6.14. The van der Waals surface area contributed by atoms with E-state index in [1.807, 2.05) is 12.1 Å². The smallest absolute Gasteiger partial charge is 0.127 e. The second-order valence-electron chi connectivity index (χ2n) is 4.94. The zero-order valence-corrected chi connectivity index (χ0v) is 11.8. The number of likely N-dealkylation sites (tertiary alicyclic amines) is 1. The lowest BCUT2D eigenvalue weighted by Gasteiger charge is -2.17. The van der Waals surface area contributed by atoms with Gasteiger partial charge < -0.3 is 10.5 Å². The molecule has 1 saturated heterocycles. The van der Waals surface area contributed by atoms with Gasteiger partial charge in [-0.15, -0.1) is 12.4 Å². The summed E-state index contributed by atoms with van der Waals surface area (Å²) in [6.07, 6.45) is 2.06. The number of nitrogens with two attached hydrogens (primary N) is 1. The van der Waals surface area contributed by atoms with Crippen molar-refractivity contribution in [1.29, 1.82) is 0 Å². The number of rotatable bonds is 2. The van der Waals surface area contributed by atoms with Crippen LogP contribution in [0.1, 0.15) is 17.5 Å². The molecule has 0 radical (unpaired) electrons. The van der Waals surface area contributed by atoms with E-state index >= 15 is 0 Å². The van der Waals surface area contributed by atoms with Crippen LogP contribution < -0.4 is 10.5 Å². The maximum Gasteiger partial charge on any atom is 0.127 e. The molecule has 3 nitrogen and oxygen atoms in total. The number of benzene rings is 1. The Morgan fingerprint density at radius 2 is 2.28 bits per heavy atom. The summed E-state index contributed by atoms with van der Waals surface area (Å²) in [4.78, 5) is 2.37. The predicted octanol–water partition coefficient (Wildman–Crippen LogP) is 2.23. The Bertz CT molecular complexity index is 439. The highest BCUT2D eigenvalue weighted by atomic mass is 35.5. The van der Waals surface area contributed by atoms with Crippen molar-refractivity contribution in [3.63, 3.8) is 0 Å². The maximum absolute atomic E-state index is 6.14. The first-order valence-electron chi connectivity index (χ1n) is 6.14. The quantitative estimate of drug-likeness (QED) is 0.907. The third-order valence-electron chi connectivity index (χ3n) is 3.53. The van der Waals surface area contributed by atoms with E-state index in [2.05, 4.69) is 4.90 Å². The molecule has 2 N–H and O–H groups in total. The van der Waals surface area contributed by atoms with E-state index < -0.39 is 0 Å². The van der Waals surface area contributed by atoms with E-state index in [0.717, 1.165) is 49.9 Å². The van der Waals surface area contributed by atoms with E-state index in [9.17, 15) is 0 Å². The minimum atomic E-state index is 0. The van der Waals surface area contributed by atoms with Crippen LogP contribution in [0.3, 0.4) is 0 Å². The molecule has 1 aromatic carbocycles. The van der Waals surface area contributed by atoms with Gasteiger partial charge in [-0.25, -0.2) is 0 Å².